The first-order chi connectivity index (χ1) is 9.06. The van der Waals surface area contributed by atoms with E-state index >= 15 is 0 Å². The highest BCUT2D eigenvalue weighted by atomic mass is 32.2. The molecule has 19 heavy (non-hydrogen) atoms. The van der Waals surface area contributed by atoms with Gasteiger partial charge in [-0.1, -0.05) is 43.2 Å². The van der Waals surface area contributed by atoms with Crippen molar-refractivity contribution in [3.05, 3.63) is 35.9 Å². The van der Waals surface area contributed by atoms with Crippen molar-refractivity contribution in [1.82, 2.24) is 5.32 Å². The van der Waals surface area contributed by atoms with Gasteiger partial charge in [-0.05, 0) is 24.3 Å². The molecule has 1 aliphatic carbocycles. The van der Waals surface area contributed by atoms with Gasteiger partial charge in [0, 0.05) is 18.8 Å². The third kappa shape index (κ3) is 4.62. The SMILES string of the molecule is CS(=O)(=O)CCN[C@@H]1CCCC[C@@H]1c1ccccc1. The molecule has 0 unspecified atom stereocenters. The molecule has 0 amide bonds. The van der Waals surface area contributed by atoms with Gasteiger partial charge in [-0.3, -0.25) is 0 Å². The molecule has 4 heteroatoms. The smallest absolute Gasteiger partial charge is 0.148 e. The molecule has 2 rings (SSSR count). The van der Waals surface area contributed by atoms with E-state index in [1.165, 1.54) is 31.1 Å². The van der Waals surface area contributed by atoms with E-state index in [2.05, 4.69) is 29.6 Å². The fraction of sp³-hybridized carbons (Fsp3) is 0.600. The van der Waals surface area contributed by atoms with Crippen molar-refractivity contribution < 1.29 is 8.42 Å². The summed E-state index contributed by atoms with van der Waals surface area (Å²) in [6.07, 6.45) is 6.14. The van der Waals surface area contributed by atoms with Gasteiger partial charge < -0.3 is 5.32 Å². The molecule has 0 spiro atoms. The first-order valence-corrected chi connectivity index (χ1v) is 9.08. The second-order valence-corrected chi connectivity index (χ2v) is 7.75. The van der Waals surface area contributed by atoms with Crippen LogP contribution in [-0.4, -0.2) is 33.0 Å². The molecule has 1 aliphatic rings. The molecule has 1 aromatic rings. The van der Waals surface area contributed by atoms with Crippen molar-refractivity contribution in [2.75, 3.05) is 18.6 Å². The number of benzene rings is 1. The molecule has 0 bridgehead atoms. The standard InChI is InChI=1S/C15H23NO2S/c1-19(17,18)12-11-16-15-10-6-5-9-14(15)13-7-3-2-4-8-13/h2-4,7-8,14-16H,5-6,9-12H2,1H3/t14-,15-/m1/s1. The van der Waals surface area contributed by atoms with Crippen LogP contribution >= 0.6 is 0 Å². The van der Waals surface area contributed by atoms with E-state index in [4.69, 9.17) is 0 Å². The molecule has 1 N–H and O–H groups in total. The van der Waals surface area contributed by atoms with Crippen LogP contribution in [0, 0.1) is 0 Å². The highest BCUT2D eigenvalue weighted by Crippen LogP contribution is 2.32. The monoisotopic (exact) mass is 281 g/mol. The summed E-state index contributed by atoms with van der Waals surface area (Å²) in [5, 5.41) is 3.45. The summed E-state index contributed by atoms with van der Waals surface area (Å²) >= 11 is 0. The van der Waals surface area contributed by atoms with Gasteiger partial charge in [-0.25, -0.2) is 8.42 Å². The van der Waals surface area contributed by atoms with Crippen LogP contribution < -0.4 is 5.32 Å². The Morgan fingerprint density at radius 1 is 1.16 bits per heavy atom. The zero-order valence-electron chi connectivity index (χ0n) is 11.5. The summed E-state index contributed by atoms with van der Waals surface area (Å²) in [6, 6.07) is 11.0. The van der Waals surface area contributed by atoms with E-state index in [0.717, 1.165) is 6.42 Å². The highest BCUT2D eigenvalue weighted by Gasteiger charge is 2.25. The Bertz CT molecular complexity index is 484. The molecule has 3 nitrogen and oxygen atoms in total. The minimum Gasteiger partial charge on any atom is -0.312 e. The number of hydrogen-bond donors (Lipinski definition) is 1. The zero-order chi connectivity index (χ0) is 13.7. The van der Waals surface area contributed by atoms with E-state index in [9.17, 15) is 8.42 Å². The van der Waals surface area contributed by atoms with Crippen LogP contribution in [0.2, 0.25) is 0 Å². The molecule has 0 radical (unpaired) electrons. The summed E-state index contributed by atoms with van der Waals surface area (Å²) in [4.78, 5) is 0. The minimum atomic E-state index is -2.87. The van der Waals surface area contributed by atoms with E-state index in [1.54, 1.807) is 0 Å². The predicted molar refractivity (Wildman–Crippen MR) is 79.2 cm³/mol. The Hall–Kier alpha value is -0.870. The molecule has 0 aliphatic heterocycles. The third-order valence-corrected chi connectivity index (χ3v) is 4.82. The summed E-state index contributed by atoms with van der Waals surface area (Å²) < 4.78 is 22.4. The Morgan fingerprint density at radius 3 is 2.53 bits per heavy atom. The molecule has 1 fully saturated rings. The van der Waals surface area contributed by atoms with Crippen LogP contribution in [0.25, 0.3) is 0 Å². The Balaban J connectivity index is 1.97. The summed E-state index contributed by atoms with van der Waals surface area (Å²) in [6.45, 7) is 0.562. The normalized spacial score (nSPS) is 24.3. The number of rotatable bonds is 5. The zero-order valence-corrected chi connectivity index (χ0v) is 12.3. The first kappa shape index (κ1) is 14.5. The van der Waals surface area contributed by atoms with Crippen molar-refractivity contribution in [3.8, 4) is 0 Å². The second-order valence-electron chi connectivity index (χ2n) is 5.49. The van der Waals surface area contributed by atoms with Crippen LogP contribution in [0.15, 0.2) is 30.3 Å². The lowest BCUT2D eigenvalue weighted by molar-refractivity contribution is 0.333. The maximum absolute atomic E-state index is 11.2. The van der Waals surface area contributed by atoms with Crippen molar-refractivity contribution >= 4 is 9.84 Å². The van der Waals surface area contributed by atoms with Crippen LogP contribution in [0.3, 0.4) is 0 Å². The van der Waals surface area contributed by atoms with E-state index in [0.29, 0.717) is 18.5 Å². The second kappa shape index (κ2) is 6.53. The van der Waals surface area contributed by atoms with Gasteiger partial charge in [0.2, 0.25) is 0 Å². The van der Waals surface area contributed by atoms with Crippen molar-refractivity contribution in [3.63, 3.8) is 0 Å². The van der Waals surface area contributed by atoms with Crippen LogP contribution in [0.5, 0.6) is 0 Å². The van der Waals surface area contributed by atoms with Crippen molar-refractivity contribution in [1.29, 1.82) is 0 Å². The van der Waals surface area contributed by atoms with Gasteiger partial charge in [0.05, 0.1) is 5.75 Å². The third-order valence-electron chi connectivity index (χ3n) is 3.87. The van der Waals surface area contributed by atoms with Gasteiger partial charge >= 0.3 is 0 Å². The molecular weight excluding hydrogens is 258 g/mol. The lowest BCUT2D eigenvalue weighted by Crippen LogP contribution is -2.39. The fourth-order valence-corrected chi connectivity index (χ4v) is 3.39. The predicted octanol–water partition coefficient (Wildman–Crippen LogP) is 2.35. The topological polar surface area (TPSA) is 46.2 Å². The van der Waals surface area contributed by atoms with E-state index in [1.807, 2.05) is 6.07 Å². The van der Waals surface area contributed by atoms with E-state index < -0.39 is 9.84 Å². The summed E-state index contributed by atoms with van der Waals surface area (Å²) in [5.74, 6) is 0.750. The van der Waals surface area contributed by atoms with Crippen molar-refractivity contribution in [2.24, 2.45) is 0 Å². The number of sulfone groups is 1. The molecule has 0 aromatic heterocycles. The van der Waals surface area contributed by atoms with Gasteiger partial charge in [0.15, 0.2) is 0 Å². The average Bonchev–Trinajstić information content (AvgIpc) is 2.39. The molecule has 1 aromatic carbocycles. The molecule has 106 valence electrons. The Morgan fingerprint density at radius 2 is 1.84 bits per heavy atom. The lowest BCUT2D eigenvalue weighted by Gasteiger charge is -2.32. The van der Waals surface area contributed by atoms with Crippen LogP contribution in [0.1, 0.15) is 37.2 Å². The van der Waals surface area contributed by atoms with Gasteiger partial charge in [-0.2, -0.15) is 0 Å². The maximum Gasteiger partial charge on any atom is 0.148 e. The minimum absolute atomic E-state index is 0.227. The van der Waals surface area contributed by atoms with Crippen molar-refractivity contribution in [2.45, 2.75) is 37.6 Å². The Labute approximate surface area is 116 Å². The molecular formula is C15H23NO2S. The molecule has 1 saturated carbocycles. The largest absolute Gasteiger partial charge is 0.312 e. The van der Waals surface area contributed by atoms with Crippen LogP contribution in [-0.2, 0) is 9.84 Å². The van der Waals surface area contributed by atoms with Crippen LogP contribution in [0.4, 0.5) is 0 Å². The van der Waals surface area contributed by atoms with Gasteiger partial charge in [0.1, 0.15) is 9.84 Å². The summed E-state index contributed by atoms with van der Waals surface area (Å²) in [5.41, 5.74) is 1.37. The molecule has 0 heterocycles. The molecule has 0 saturated heterocycles. The first-order valence-electron chi connectivity index (χ1n) is 7.02. The lowest BCUT2D eigenvalue weighted by atomic mass is 9.80. The average molecular weight is 281 g/mol. The van der Waals surface area contributed by atoms with Gasteiger partial charge in [0.25, 0.3) is 0 Å². The number of nitrogens with one attached hydrogen (secondary N) is 1. The summed E-state index contributed by atoms with van der Waals surface area (Å²) in [7, 11) is -2.87. The Kier molecular flexibility index (Phi) is 4.99. The quantitative estimate of drug-likeness (QED) is 0.901. The number of hydrogen-bond acceptors (Lipinski definition) is 3. The van der Waals surface area contributed by atoms with Gasteiger partial charge in [-0.15, -0.1) is 0 Å². The molecule has 2 atom stereocenters. The highest BCUT2D eigenvalue weighted by molar-refractivity contribution is 7.90. The fourth-order valence-electron chi connectivity index (χ4n) is 2.90. The maximum atomic E-state index is 11.2. The van der Waals surface area contributed by atoms with E-state index in [-0.39, 0.29) is 5.75 Å².